The summed E-state index contributed by atoms with van der Waals surface area (Å²) in [6.07, 6.45) is -1.83. The molecule has 0 aromatic heterocycles. The van der Waals surface area contributed by atoms with Gasteiger partial charge in [0, 0.05) is 17.1 Å². The van der Waals surface area contributed by atoms with E-state index in [0.29, 0.717) is 0 Å². The van der Waals surface area contributed by atoms with Gasteiger partial charge in [-0.05, 0) is 0 Å². The Morgan fingerprint density at radius 1 is 1.18 bits per heavy atom. The number of hydrogen-bond acceptors (Lipinski definition) is 3. The molecule has 0 atom stereocenters. The van der Waals surface area contributed by atoms with Gasteiger partial charge in [-0.3, -0.25) is 9.11 Å². The largest absolute Gasteiger partial charge is 1.00 e. The van der Waals surface area contributed by atoms with E-state index >= 15 is 0 Å². The van der Waals surface area contributed by atoms with Gasteiger partial charge in [0.2, 0.25) is 0 Å². The molecule has 0 saturated carbocycles. The predicted molar refractivity (Wildman–Crippen MR) is 25.9 cm³/mol. The third kappa shape index (κ3) is 1840. The van der Waals surface area contributed by atoms with Crippen molar-refractivity contribution in [3.8, 4) is 0 Å². The summed E-state index contributed by atoms with van der Waals surface area (Å²) >= 11 is 0. The molecule has 0 rings (SSSR count). The van der Waals surface area contributed by atoms with Gasteiger partial charge in [0.25, 0.3) is 0 Å². The number of carboxylic acid groups (broad SMARTS) is 2. The SMILES string of the molecule is O=C(O)O.O=S(=O)(O)O.[Fe].[H-].[Na+]. The van der Waals surface area contributed by atoms with E-state index < -0.39 is 16.6 Å². The first kappa shape index (κ1) is 22.6. The molecule has 0 fully saturated rings. The van der Waals surface area contributed by atoms with Crippen LogP contribution in [-0.4, -0.2) is 33.9 Å². The van der Waals surface area contributed by atoms with E-state index in [1.165, 1.54) is 0 Å². The fraction of sp³-hybridized carbons (Fsp3) is 0. The van der Waals surface area contributed by atoms with Crippen LogP contribution in [-0.2, 0) is 27.5 Å². The summed E-state index contributed by atoms with van der Waals surface area (Å²) < 4.78 is 31.6. The van der Waals surface area contributed by atoms with E-state index in [9.17, 15) is 0 Å². The summed E-state index contributed by atoms with van der Waals surface area (Å²) in [5.74, 6) is 0. The molecule has 0 saturated heterocycles. The first-order chi connectivity index (χ1) is 3.73. The molecule has 0 spiro atoms. The summed E-state index contributed by atoms with van der Waals surface area (Å²) in [5.41, 5.74) is 0. The van der Waals surface area contributed by atoms with Gasteiger partial charge in [-0.15, -0.1) is 0 Å². The maximum Gasteiger partial charge on any atom is 1.00 e. The van der Waals surface area contributed by atoms with Crippen molar-refractivity contribution in [3.05, 3.63) is 0 Å². The molecule has 0 amide bonds. The summed E-state index contributed by atoms with van der Waals surface area (Å²) in [6.45, 7) is 0. The second-order valence-corrected chi connectivity index (χ2v) is 1.63. The Hall–Kier alpha value is 0.659. The quantitative estimate of drug-likeness (QED) is 0.257. The van der Waals surface area contributed by atoms with Crippen molar-refractivity contribution in [2.24, 2.45) is 0 Å². The molecule has 0 unspecified atom stereocenters. The maximum atomic E-state index is 8.74. The summed E-state index contributed by atoms with van der Waals surface area (Å²) in [6, 6.07) is 0. The molecule has 10 heteroatoms. The Labute approximate surface area is 96.6 Å². The van der Waals surface area contributed by atoms with E-state index in [2.05, 4.69) is 0 Å². The topological polar surface area (TPSA) is 132 Å². The zero-order valence-electron chi connectivity index (χ0n) is 6.28. The summed E-state index contributed by atoms with van der Waals surface area (Å²) in [7, 11) is -4.67. The molecular formula is CH5FeNaO7S. The van der Waals surface area contributed by atoms with Crippen LogP contribution in [0.5, 0.6) is 0 Å². The average molecular weight is 240 g/mol. The molecule has 0 aliphatic carbocycles. The van der Waals surface area contributed by atoms with Gasteiger partial charge < -0.3 is 11.6 Å². The normalized spacial score (nSPS) is 7.45. The third-order valence-electron chi connectivity index (χ3n) is 0. The summed E-state index contributed by atoms with van der Waals surface area (Å²) in [4.78, 5) is 8.56. The molecule has 0 aromatic carbocycles. The molecule has 0 radical (unpaired) electrons. The van der Waals surface area contributed by atoms with Gasteiger partial charge in [0.05, 0.1) is 0 Å². The number of rotatable bonds is 0. The van der Waals surface area contributed by atoms with Crippen LogP contribution in [0.3, 0.4) is 0 Å². The van der Waals surface area contributed by atoms with Crippen molar-refractivity contribution in [2.45, 2.75) is 0 Å². The molecule has 11 heavy (non-hydrogen) atoms. The van der Waals surface area contributed by atoms with Crippen molar-refractivity contribution in [2.75, 3.05) is 0 Å². The van der Waals surface area contributed by atoms with Crippen molar-refractivity contribution in [1.29, 1.82) is 0 Å². The van der Waals surface area contributed by atoms with Crippen LogP contribution in [0.25, 0.3) is 0 Å². The van der Waals surface area contributed by atoms with Crippen molar-refractivity contribution in [3.63, 3.8) is 0 Å². The van der Waals surface area contributed by atoms with Crippen molar-refractivity contribution in [1.82, 2.24) is 0 Å². The third-order valence-corrected chi connectivity index (χ3v) is 0. The number of carbonyl (C=O) groups is 1. The van der Waals surface area contributed by atoms with Crippen LogP contribution in [0.15, 0.2) is 0 Å². The summed E-state index contributed by atoms with van der Waals surface area (Å²) in [5, 5.41) is 13.9. The van der Waals surface area contributed by atoms with Crippen molar-refractivity contribution >= 4 is 16.6 Å². The Bertz CT molecular complexity index is 166. The Morgan fingerprint density at radius 2 is 1.18 bits per heavy atom. The minimum absolute atomic E-state index is 0. The fourth-order valence-corrected chi connectivity index (χ4v) is 0. The van der Waals surface area contributed by atoms with E-state index in [-0.39, 0.29) is 48.1 Å². The Kier molecular flexibility index (Phi) is 21.9. The first-order valence-corrected chi connectivity index (χ1v) is 2.75. The van der Waals surface area contributed by atoms with Crippen molar-refractivity contribution < 1.29 is 80.6 Å². The molecule has 0 bridgehead atoms. The van der Waals surface area contributed by atoms with Gasteiger partial charge in [0.1, 0.15) is 0 Å². The zero-order chi connectivity index (χ0) is 8.08. The Balaban J connectivity index is -0.0000000221. The van der Waals surface area contributed by atoms with Crippen LogP contribution in [0.1, 0.15) is 1.43 Å². The zero-order valence-corrected chi connectivity index (χ0v) is 9.20. The van der Waals surface area contributed by atoms with Crippen LogP contribution < -0.4 is 29.6 Å². The van der Waals surface area contributed by atoms with Gasteiger partial charge >= 0.3 is 46.1 Å². The molecule has 4 N–H and O–H groups in total. The first-order valence-electron chi connectivity index (χ1n) is 1.35. The van der Waals surface area contributed by atoms with Gasteiger partial charge in [-0.2, -0.15) is 8.42 Å². The van der Waals surface area contributed by atoms with Crippen LogP contribution >= 0.6 is 0 Å². The standard InChI is InChI=1S/CH2O3.Fe.Na.H2O4S.H/c2-1(3)4;;;1-5(2,3)4;/h(H2,2,3,4);;;(H2,1,2,3,4);/q;;+1;;-1. The fourth-order valence-electron chi connectivity index (χ4n) is 0. The van der Waals surface area contributed by atoms with E-state index in [1.807, 2.05) is 0 Å². The van der Waals surface area contributed by atoms with Gasteiger partial charge in [-0.25, -0.2) is 4.79 Å². The van der Waals surface area contributed by atoms with E-state index in [4.69, 9.17) is 32.5 Å². The predicted octanol–water partition coefficient (Wildman–Crippen LogP) is -3.32. The molecule has 0 aromatic rings. The van der Waals surface area contributed by atoms with Gasteiger partial charge in [-0.1, -0.05) is 0 Å². The van der Waals surface area contributed by atoms with Crippen LogP contribution in [0.4, 0.5) is 4.79 Å². The van der Waals surface area contributed by atoms with Gasteiger partial charge in [0.15, 0.2) is 0 Å². The smallest absolute Gasteiger partial charge is 1.00 e. The number of hydrogen-bond donors (Lipinski definition) is 4. The maximum absolute atomic E-state index is 8.74. The molecular weight excluding hydrogens is 235 g/mol. The van der Waals surface area contributed by atoms with E-state index in [0.717, 1.165) is 0 Å². The van der Waals surface area contributed by atoms with E-state index in [1.54, 1.807) is 0 Å². The monoisotopic (exact) mass is 240 g/mol. The molecule has 0 aliphatic rings. The second kappa shape index (κ2) is 10.7. The molecule has 7 nitrogen and oxygen atoms in total. The molecule has 66 valence electrons. The average Bonchev–Trinajstić information content (AvgIpc) is 1.19. The minimum Gasteiger partial charge on any atom is -1.00 e. The molecule has 0 heterocycles. The Morgan fingerprint density at radius 3 is 1.18 bits per heavy atom. The minimum atomic E-state index is -4.67. The van der Waals surface area contributed by atoms with Crippen LogP contribution in [0.2, 0.25) is 0 Å². The van der Waals surface area contributed by atoms with Crippen LogP contribution in [0, 0.1) is 0 Å². The molecule has 0 aliphatic heterocycles. The second-order valence-electron chi connectivity index (χ2n) is 0.730.